The molecule has 0 aromatic heterocycles. The summed E-state index contributed by atoms with van der Waals surface area (Å²) in [6.07, 6.45) is 13.2. The summed E-state index contributed by atoms with van der Waals surface area (Å²) in [6, 6.07) is 0. The van der Waals surface area contributed by atoms with E-state index in [2.05, 4.69) is 13.8 Å². The molecule has 5 aliphatic rings. The minimum absolute atomic E-state index is 0.0577. The minimum Gasteiger partial charge on any atom is -0.369 e. The number of carbonyl (C=O) groups excluding carboxylic acids is 1. The van der Waals surface area contributed by atoms with Crippen LogP contribution in [0.2, 0.25) is 0 Å². The Hall–Kier alpha value is -0.370. The van der Waals surface area contributed by atoms with Crippen molar-refractivity contribution in [1.82, 2.24) is 0 Å². The van der Waals surface area contributed by atoms with E-state index in [9.17, 15) is 4.79 Å². The van der Waals surface area contributed by atoms with Gasteiger partial charge in [-0.15, -0.1) is 0 Å². The number of hydrogen-bond acceptors (Lipinski definition) is 2. The number of hydrogen-bond donors (Lipinski definition) is 0. The fraction of sp³-hybridized carbons (Fsp3) is 0.950. The van der Waals surface area contributed by atoms with Gasteiger partial charge in [0, 0.05) is 5.41 Å². The maximum absolute atomic E-state index is 11.9. The van der Waals surface area contributed by atoms with Gasteiger partial charge >= 0.3 is 0 Å². The second kappa shape index (κ2) is 3.99. The summed E-state index contributed by atoms with van der Waals surface area (Å²) in [5.41, 5.74) is 1.21. The summed E-state index contributed by atoms with van der Waals surface area (Å²) in [4.78, 5) is 11.9. The molecule has 1 aliphatic heterocycles. The smallest absolute Gasteiger partial charge is 0.126 e. The SMILES string of the molecule is C[C@@]12CCC[C@@](C)(C=O)[C@H]1CC[C@@]13C[C@@H](CC[C@@H]12)[C@]1(CO1)C3. The van der Waals surface area contributed by atoms with Gasteiger partial charge in [0.1, 0.15) is 6.29 Å². The van der Waals surface area contributed by atoms with Crippen LogP contribution in [0.3, 0.4) is 0 Å². The molecule has 4 aliphatic carbocycles. The molecule has 2 bridgehead atoms. The lowest BCUT2D eigenvalue weighted by Gasteiger charge is -2.63. The molecule has 4 saturated carbocycles. The zero-order valence-corrected chi connectivity index (χ0v) is 14.2. The first kappa shape index (κ1) is 14.0. The summed E-state index contributed by atoms with van der Waals surface area (Å²) in [7, 11) is 0. The van der Waals surface area contributed by atoms with Crippen LogP contribution in [0.1, 0.15) is 71.6 Å². The first-order valence-corrected chi connectivity index (χ1v) is 9.57. The van der Waals surface area contributed by atoms with Crippen LogP contribution >= 0.6 is 0 Å². The van der Waals surface area contributed by atoms with Crippen LogP contribution < -0.4 is 0 Å². The van der Waals surface area contributed by atoms with Gasteiger partial charge < -0.3 is 9.53 Å². The van der Waals surface area contributed by atoms with Crippen LogP contribution in [-0.4, -0.2) is 18.5 Å². The van der Waals surface area contributed by atoms with Gasteiger partial charge in [0.2, 0.25) is 0 Å². The summed E-state index contributed by atoms with van der Waals surface area (Å²) < 4.78 is 5.99. The van der Waals surface area contributed by atoms with Crippen LogP contribution in [0.4, 0.5) is 0 Å². The third-order valence-corrected chi connectivity index (χ3v) is 9.13. The maximum atomic E-state index is 11.9. The Labute approximate surface area is 134 Å². The summed E-state index contributed by atoms with van der Waals surface area (Å²) in [6.45, 7) is 5.85. The average molecular weight is 302 g/mol. The monoisotopic (exact) mass is 302 g/mol. The van der Waals surface area contributed by atoms with E-state index >= 15 is 0 Å². The van der Waals surface area contributed by atoms with Crippen LogP contribution in [0, 0.1) is 34.0 Å². The van der Waals surface area contributed by atoms with E-state index < -0.39 is 0 Å². The van der Waals surface area contributed by atoms with Crippen LogP contribution in [0.25, 0.3) is 0 Å². The van der Waals surface area contributed by atoms with Crippen molar-refractivity contribution in [2.24, 2.45) is 34.0 Å². The quantitative estimate of drug-likeness (QED) is 0.532. The first-order chi connectivity index (χ1) is 10.5. The van der Waals surface area contributed by atoms with Gasteiger partial charge in [-0.05, 0) is 80.0 Å². The van der Waals surface area contributed by atoms with Crippen LogP contribution in [0.15, 0.2) is 0 Å². The molecule has 122 valence electrons. The van der Waals surface area contributed by atoms with Crippen molar-refractivity contribution < 1.29 is 9.53 Å². The van der Waals surface area contributed by atoms with E-state index in [0.29, 0.717) is 22.3 Å². The van der Waals surface area contributed by atoms with Crippen LogP contribution in [0.5, 0.6) is 0 Å². The standard InChI is InChI=1S/C20H30O2/c1-17(12-21)7-3-8-18(2)15(17)6-9-19-10-14(4-5-16(18)19)20(11-19)13-22-20/h12,14-16H,3-11,13H2,1-2H3/t14-,15-,16-,17+,18-,19+,20-/m1/s1. The summed E-state index contributed by atoms with van der Waals surface area (Å²) in [5, 5.41) is 0. The molecule has 7 atom stereocenters. The Balaban J connectivity index is 1.55. The molecule has 2 spiro atoms. The number of carbonyl (C=O) groups is 1. The first-order valence-electron chi connectivity index (χ1n) is 9.57. The average Bonchev–Trinajstić information content (AvgIpc) is 3.22. The molecular weight excluding hydrogens is 272 g/mol. The lowest BCUT2D eigenvalue weighted by atomic mass is 9.41. The molecule has 22 heavy (non-hydrogen) atoms. The molecule has 0 radical (unpaired) electrons. The largest absolute Gasteiger partial charge is 0.369 e. The van der Waals surface area contributed by atoms with E-state index in [-0.39, 0.29) is 5.41 Å². The van der Waals surface area contributed by atoms with Crippen molar-refractivity contribution in [3.63, 3.8) is 0 Å². The molecule has 5 fully saturated rings. The lowest BCUT2D eigenvalue weighted by molar-refractivity contribution is -0.157. The Kier molecular flexibility index (Phi) is 2.54. The highest BCUT2D eigenvalue weighted by Gasteiger charge is 2.71. The molecule has 0 N–H and O–H groups in total. The molecule has 5 rings (SSSR count). The molecule has 1 saturated heterocycles. The van der Waals surface area contributed by atoms with Crippen molar-refractivity contribution in [1.29, 1.82) is 0 Å². The molecular formula is C20H30O2. The number of ether oxygens (including phenoxy) is 1. The Bertz CT molecular complexity index is 524. The van der Waals surface area contributed by atoms with Crippen LogP contribution in [-0.2, 0) is 9.53 Å². The van der Waals surface area contributed by atoms with E-state index in [0.717, 1.165) is 24.9 Å². The van der Waals surface area contributed by atoms with Gasteiger partial charge in [0.15, 0.2) is 0 Å². The van der Waals surface area contributed by atoms with Gasteiger partial charge in [-0.2, -0.15) is 0 Å². The Morgan fingerprint density at radius 2 is 1.86 bits per heavy atom. The number of rotatable bonds is 1. The molecule has 2 heteroatoms. The number of fused-ring (bicyclic) bond motifs is 4. The van der Waals surface area contributed by atoms with Gasteiger partial charge in [-0.25, -0.2) is 0 Å². The molecule has 0 aromatic rings. The summed E-state index contributed by atoms with van der Waals surface area (Å²) in [5.74, 6) is 2.32. The van der Waals surface area contributed by atoms with Crippen molar-refractivity contribution in [3.8, 4) is 0 Å². The predicted octanol–water partition coefficient (Wildman–Crippen LogP) is 4.37. The zero-order chi connectivity index (χ0) is 15.2. The Morgan fingerprint density at radius 3 is 2.59 bits per heavy atom. The lowest BCUT2D eigenvalue weighted by Crippen LogP contribution is -2.56. The van der Waals surface area contributed by atoms with Gasteiger partial charge in [-0.3, -0.25) is 0 Å². The maximum Gasteiger partial charge on any atom is 0.126 e. The molecule has 0 unspecified atom stereocenters. The molecule has 1 heterocycles. The topological polar surface area (TPSA) is 29.6 Å². The second-order valence-corrected chi connectivity index (χ2v) is 10.00. The highest BCUT2D eigenvalue weighted by atomic mass is 16.6. The molecule has 2 nitrogen and oxygen atoms in total. The predicted molar refractivity (Wildman–Crippen MR) is 85.4 cm³/mol. The van der Waals surface area contributed by atoms with E-state index in [1.807, 2.05) is 0 Å². The van der Waals surface area contributed by atoms with Gasteiger partial charge in [0.05, 0.1) is 12.2 Å². The van der Waals surface area contributed by atoms with Gasteiger partial charge in [-0.1, -0.05) is 20.3 Å². The van der Waals surface area contributed by atoms with Crippen molar-refractivity contribution in [3.05, 3.63) is 0 Å². The van der Waals surface area contributed by atoms with Crippen molar-refractivity contribution in [2.45, 2.75) is 77.2 Å². The Morgan fingerprint density at radius 1 is 1.05 bits per heavy atom. The summed E-state index contributed by atoms with van der Waals surface area (Å²) >= 11 is 0. The molecule has 0 amide bonds. The highest BCUT2D eigenvalue weighted by molar-refractivity contribution is 5.60. The number of aldehydes is 1. The van der Waals surface area contributed by atoms with Gasteiger partial charge in [0.25, 0.3) is 0 Å². The van der Waals surface area contributed by atoms with Crippen molar-refractivity contribution >= 4 is 6.29 Å². The number of epoxide rings is 1. The van der Waals surface area contributed by atoms with E-state index in [1.165, 1.54) is 57.7 Å². The highest BCUT2D eigenvalue weighted by Crippen LogP contribution is 2.74. The third kappa shape index (κ3) is 1.49. The molecule has 0 aromatic carbocycles. The van der Waals surface area contributed by atoms with E-state index in [1.54, 1.807) is 0 Å². The second-order valence-electron chi connectivity index (χ2n) is 10.00. The van der Waals surface area contributed by atoms with Crippen molar-refractivity contribution in [2.75, 3.05) is 6.61 Å². The van der Waals surface area contributed by atoms with E-state index in [4.69, 9.17) is 4.74 Å². The third-order valence-electron chi connectivity index (χ3n) is 9.13. The minimum atomic E-state index is -0.0577. The zero-order valence-electron chi connectivity index (χ0n) is 14.2. The fourth-order valence-corrected chi connectivity index (χ4v) is 8.22. The fourth-order valence-electron chi connectivity index (χ4n) is 8.22. The normalized spacial score (nSPS) is 62.4.